The molecule has 0 atom stereocenters. The molecule has 0 aromatic heterocycles. The predicted molar refractivity (Wildman–Crippen MR) is 377 cm³/mol. The molecule has 3 heterocycles. The Kier molecular flexibility index (Phi) is 20.9. The zero-order chi connectivity index (χ0) is 65.1. The molecule has 512 valence electrons. The van der Waals surface area contributed by atoms with Crippen molar-refractivity contribution in [3.8, 4) is 0 Å². The molecule has 3 aliphatic heterocycles. The number of hydrogen-bond donors (Lipinski definition) is 2. The summed E-state index contributed by atoms with van der Waals surface area (Å²) in [6, 6.07) is 33.8. The zero-order valence-corrected chi connectivity index (χ0v) is 59.1. The average molecular weight is 1270 g/mol. The van der Waals surface area contributed by atoms with Gasteiger partial charge in [0.05, 0.1) is 22.2 Å². The standard InChI is InChI=1S/C30H47N3O.C29H45N3O2.C21H31N3O/c1-28(15-8-5-9-16-28)21-22-32-24-29(33(27(32)34)23-25-11-10-12-25)17-19-30(20-18-29,31(2)3)26-13-6-4-7-14-26;1-30(2)29(25-12-5-3-6-13-25)18-16-27(17-19-29)23-31(21-20-28(34)14-7-4-8-15-28)26(33)32(27)22-24-10-9-11-24;1-23(2)21(18-9-4-3-5-10-18)13-11-20(12-14-21)16-22-19(25)24(20)15-17-7-6-8-17/h4,6-7,13-14,25H,5,8-12,15-24H2,1-3H3;3,5-6,12-13,24,34H,4,7-11,14-23H2,1-2H3;3-5,9-10,17H,6-8,11-16H2,1-2H3,(H,22,25). The smallest absolute Gasteiger partial charge is 0.320 e. The van der Waals surface area contributed by atoms with Gasteiger partial charge in [0.25, 0.3) is 0 Å². The van der Waals surface area contributed by atoms with Crippen LogP contribution in [-0.2, 0) is 16.6 Å². The van der Waals surface area contributed by atoms with Gasteiger partial charge in [-0.1, -0.05) is 156 Å². The molecule has 8 aliphatic carbocycles. The molecule has 11 aliphatic rings. The first-order chi connectivity index (χ1) is 44.8. The Morgan fingerprint density at radius 2 is 0.742 bits per heavy atom. The van der Waals surface area contributed by atoms with Crippen LogP contribution in [0.25, 0.3) is 0 Å². The van der Waals surface area contributed by atoms with Gasteiger partial charge in [-0.05, 0) is 236 Å². The van der Waals surface area contributed by atoms with Crippen molar-refractivity contribution in [1.82, 2.24) is 44.5 Å². The van der Waals surface area contributed by atoms with Gasteiger partial charge in [0.2, 0.25) is 0 Å². The van der Waals surface area contributed by atoms with Crippen molar-refractivity contribution in [3.05, 3.63) is 108 Å². The van der Waals surface area contributed by atoms with Crippen molar-refractivity contribution >= 4 is 18.1 Å². The topological polar surface area (TPSA) is 109 Å². The highest BCUT2D eigenvalue weighted by Crippen LogP contribution is 2.54. The summed E-state index contributed by atoms with van der Waals surface area (Å²) in [6.07, 6.45) is 38.9. The summed E-state index contributed by atoms with van der Waals surface area (Å²) >= 11 is 0. The highest BCUT2D eigenvalue weighted by Gasteiger charge is 2.58. The number of carbonyl (C=O) groups is 3. The number of amides is 6. The average Bonchev–Trinajstić information content (AvgIpc) is 1.68. The lowest BCUT2D eigenvalue weighted by molar-refractivity contribution is -0.00926. The summed E-state index contributed by atoms with van der Waals surface area (Å²) in [4.78, 5) is 58.6. The predicted octanol–water partition coefficient (Wildman–Crippen LogP) is 15.6. The Hall–Kier alpha value is -4.69. The number of nitrogens with one attached hydrogen (secondary N) is 1. The Labute approximate surface area is 562 Å². The molecule has 13 nitrogen and oxygen atoms in total. The maximum atomic E-state index is 13.8. The number of aliphatic hydroxyl groups is 1. The lowest BCUT2D eigenvalue weighted by Crippen LogP contribution is -2.56. The van der Waals surface area contributed by atoms with E-state index in [0.717, 1.165) is 167 Å². The molecule has 0 radical (unpaired) electrons. The van der Waals surface area contributed by atoms with E-state index in [1.807, 2.05) is 0 Å². The van der Waals surface area contributed by atoms with Crippen molar-refractivity contribution in [1.29, 1.82) is 0 Å². The number of carbonyl (C=O) groups excluding carboxylic acids is 3. The van der Waals surface area contributed by atoms with Crippen LogP contribution in [0.1, 0.15) is 236 Å². The molecule has 2 N–H and O–H groups in total. The van der Waals surface area contributed by atoms with E-state index in [-0.39, 0.29) is 45.3 Å². The van der Waals surface area contributed by atoms with Crippen LogP contribution in [0.5, 0.6) is 0 Å². The Balaban J connectivity index is 0.000000136. The summed E-state index contributed by atoms with van der Waals surface area (Å²) in [5.74, 6) is 2.14. The number of rotatable bonds is 18. The summed E-state index contributed by atoms with van der Waals surface area (Å²) in [5.41, 5.74) is 4.39. The Morgan fingerprint density at radius 1 is 0.409 bits per heavy atom. The van der Waals surface area contributed by atoms with Crippen molar-refractivity contribution in [3.63, 3.8) is 0 Å². The quantitative estimate of drug-likeness (QED) is 0.131. The van der Waals surface area contributed by atoms with E-state index in [1.54, 1.807) is 0 Å². The molecule has 93 heavy (non-hydrogen) atoms. The van der Waals surface area contributed by atoms with Crippen LogP contribution in [0.4, 0.5) is 14.4 Å². The SMILES string of the molecule is CN(C)C1(c2ccccc2)CCC2(CC1)CN(CCC1(C)CCCCC1)C(=O)N2CC1CCC1.CN(C)C1(c2ccccc2)CCC2(CC1)CN(CCC1(O)CCCCC1)C(=O)N2CC1CCC1.CN(C)C1(c2ccccc2)CCC2(CC1)CNC(=O)N2CC1CCC1. The summed E-state index contributed by atoms with van der Waals surface area (Å²) in [6.45, 7) is 9.64. The Bertz CT molecular complexity index is 2760. The number of urea groups is 3. The van der Waals surface area contributed by atoms with E-state index in [2.05, 4.69) is 185 Å². The first-order valence-corrected chi connectivity index (χ1v) is 37.9. The molecular formula is C80H123N9O4. The van der Waals surface area contributed by atoms with Gasteiger partial charge in [-0.15, -0.1) is 0 Å². The second-order valence-corrected chi connectivity index (χ2v) is 33.5. The van der Waals surface area contributed by atoms with Crippen molar-refractivity contribution in [2.75, 3.05) is 94.6 Å². The van der Waals surface area contributed by atoms with Gasteiger partial charge in [-0.2, -0.15) is 0 Å². The summed E-state index contributed by atoms with van der Waals surface area (Å²) in [7, 11) is 13.3. The normalized spacial score (nSPS) is 32.2. The van der Waals surface area contributed by atoms with E-state index in [0.29, 0.717) is 23.9 Å². The van der Waals surface area contributed by atoms with Gasteiger partial charge >= 0.3 is 18.1 Å². The molecule has 3 aromatic carbocycles. The molecule has 14 rings (SSSR count). The van der Waals surface area contributed by atoms with Crippen LogP contribution in [0.15, 0.2) is 91.0 Å². The lowest BCUT2D eigenvalue weighted by Gasteiger charge is -2.51. The van der Waals surface area contributed by atoms with Crippen LogP contribution in [0.2, 0.25) is 0 Å². The fourth-order valence-corrected chi connectivity index (χ4v) is 20.2. The largest absolute Gasteiger partial charge is 0.390 e. The third-order valence-electron chi connectivity index (χ3n) is 27.7. The summed E-state index contributed by atoms with van der Waals surface area (Å²) < 4.78 is 0. The van der Waals surface area contributed by atoms with Crippen LogP contribution >= 0.6 is 0 Å². The minimum absolute atomic E-state index is 0.0361. The molecule has 13 heteroatoms. The third-order valence-corrected chi connectivity index (χ3v) is 27.7. The maximum absolute atomic E-state index is 13.8. The van der Waals surface area contributed by atoms with Crippen molar-refractivity contribution in [2.24, 2.45) is 23.2 Å². The van der Waals surface area contributed by atoms with Gasteiger partial charge in [-0.25, -0.2) is 14.4 Å². The van der Waals surface area contributed by atoms with Crippen LogP contribution in [0, 0.1) is 23.2 Å². The van der Waals surface area contributed by atoms with Crippen LogP contribution < -0.4 is 5.32 Å². The van der Waals surface area contributed by atoms with Crippen LogP contribution in [-0.4, -0.2) is 179 Å². The lowest BCUT2D eigenvalue weighted by atomic mass is 9.68. The van der Waals surface area contributed by atoms with Crippen molar-refractivity contribution < 1.29 is 19.5 Å². The maximum Gasteiger partial charge on any atom is 0.320 e. The van der Waals surface area contributed by atoms with Gasteiger partial charge < -0.3 is 34.9 Å². The molecule has 3 spiro atoms. The number of hydrogen-bond acceptors (Lipinski definition) is 7. The molecule has 3 saturated heterocycles. The highest BCUT2D eigenvalue weighted by atomic mass is 16.3. The fraction of sp³-hybridized carbons (Fsp3) is 0.738. The first kappa shape index (κ1) is 68.3. The summed E-state index contributed by atoms with van der Waals surface area (Å²) in [5, 5.41) is 14.2. The Morgan fingerprint density at radius 3 is 1.09 bits per heavy atom. The van der Waals surface area contributed by atoms with Gasteiger partial charge in [-0.3, -0.25) is 14.7 Å². The molecule has 0 bridgehead atoms. The molecule has 0 unspecified atom stereocenters. The highest BCUT2D eigenvalue weighted by molar-refractivity contribution is 5.79. The molecule has 6 amide bonds. The van der Waals surface area contributed by atoms with E-state index in [4.69, 9.17) is 0 Å². The first-order valence-electron chi connectivity index (χ1n) is 37.9. The van der Waals surface area contributed by atoms with E-state index in [9.17, 15) is 19.5 Å². The van der Waals surface area contributed by atoms with Gasteiger partial charge in [0.1, 0.15) is 0 Å². The van der Waals surface area contributed by atoms with Gasteiger partial charge in [0, 0.05) is 69.0 Å². The fourth-order valence-electron chi connectivity index (χ4n) is 20.2. The van der Waals surface area contributed by atoms with E-state index >= 15 is 0 Å². The van der Waals surface area contributed by atoms with Crippen molar-refractivity contribution in [2.45, 2.75) is 258 Å². The molecular weight excluding hydrogens is 1150 g/mol. The number of nitrogens with zero attached hydrogens (tertiary/aromatic N) is 8. The number of benzene rings is 3. The van der Waals surface area contributed by atoms with E-state index < -0.39 is 5.60 Å². The molecule has 8 saturated carbocycles. The third kappa shape index (κ3) is 14.0. The monoisotopic (exact) mass is 1270 g/mol. The minimum atomic E-state index is -0.562. The van der Waals surface area contributed by atoms with Crippen LogP contribution in [0.3, 0.4) is 0 Å². The van der Waals surface area contributed by atoms with E-state index in [1.165, 1.54) is 119 Å². The second kappa shape index (κ2) is 28.4. The van der Waals surface area contributed by atoms with Gasteiger partial charge in [0.15, 0.2) is 0 Å². The molecule has 11 fully saturated rings. The second-order valence-electron chi connectivity index (χ2n) is 33.5. The zero-order valence-electron chi connectivity index (χ0n) is 59.1. The molecule has 3 aromatic rings. The minimum Gasteiger partial charge on any atom is -0.390 e.